The fourth-order valence-corrected chi connectivity index (χ4v) is 0.927. The fourth-order valence-electron chi connectivity index (χ4n) is 0.819. The van der Waals surface area contributed by atoms with Gasteiger partial charge in [0, 0.05) is 0 Å². The maximum Gasteiger partial charge on any atom is 0.323 e. The van der Waals surface area contributed by atoms with Crippen LogP contribution in [0.25, 0.3) is 0 Å². The Hall–Kier alpha value is -0.545. The van der Waals surface area contributed by atoms with Gasteiger partial charge >= 0.3 is 5.97 Å². The quantitative estimate of drug-likeness (QED) is 0.290. The third kappa shape index (κ3) is 4.90. The average Bonchev–Trinajstić information content (AvgIpc) is 2.05. The summed E-state index contributed by atoms with van der Waals surface area (Å²) in [7, 11) is 1.17. The molecule has 1 atom stereocenters. The minimum Gasteiger partial charge on any atom is -0.448 e. The molecule has 0 heterocycles. The van der Waals surface area contributed by atoms with Crippen molar-refractivity contribution in [1.82, 2.24) is 5.23 Å². The van der Waals surface area contributed by atoms with Crippen LogP contribution in [-0.2, 0) is 14.3 Å². The molecule has 0 bridgehead atoms. The molecule has 0 aliphatic rings. The van der Waals surface area contributed by atoms with Crippen molar-refractivity contribution in [2.45, 2.75) is 19.9 Å². The van der Waals surface area contributed by atoms with E-state index in [9.17, 15) is 9.59 Å². The summed E-state index contributed by atoms with van der Waals surface area (Å²) in [5, 5.41) is 2.63. The summed E-state index contributed by atoms with van der Waals surface area (Å²) in [5.74, 6) is -0.421. The molecular formula is C7H12BClNO3. The zero-order valence-electron chi connectivity index (χ0n) is 7.62. The molecule has 13 heavy (non-hydrogen) atoms. The van der Waals surface area contributed by atoms with E-state index in [4.69, 9.17) is 11.6 Å². The molecule has 1 N–H and O–H groups in total. The molecule has 0 spiro atoms. The summed E-state index contributed by atoms with van der Waals surface area (Å²) in [5.41, 5.74) is 0. The van der Waals surface area contributed by atoms with Crippen LogP contribution in [-0.4, -0.2) is 31.7 Å². The highest BCUT2D eigenvalue weighted by Crippen LogP contribution is 2.03. The van der Waals surface area contributed by atoms with Crippen molar-refractivity contribution in [2.75, 3.05) is 6.07 Å². The SMILES string of the molecule is CC(C)[C@H](N[B]C=O)C(=O)OCCl. The van der Waals surface area contributed by atoms with Crippen LogP contribution in [0, 0.1) is 5.92 Å². The van der Waals surface area contributed by atoms with E-state index in [0.717, 1.165) is 0 Å². The number of esters is 1. The third-order valence-corrected chi connectivity index (χ3v) is 1.57. The first-order valence-corrected chi connectivity index (χ1v) is 4.42. The number of hydrogen-bond acceptors (Lipinski definition) is 4. The molecule has 0 fully saturated rings. The lowest BCUT2D eigenvalue weighted by atomic mass is 9.92. The van der Waals surface area contributed by atoms with E-state index < -0.39 is 12.0 Å². The maximum atomic E-state index is 11.2. The highest BCUT2D eigenvalue weighted by Gasteiger charge is 2.22. The first-order valence-electron chi connectivity index (χ1n) is 3.89. The van der Waals surface area contributed by atoms with Crippen LogP contribution < -0.4 is 5.23 Å². The van der Waals surface area contributed by atoms with E-state index in [0.29, 0.717) is 6.19 Å². The van der Waals surface area contributed by atoms with Crippen molar-refractivity contribution < 1.29 is 14.3 Å². The predicted molar refractivity (Wildman–Crippen MR) is 51.1 cm³/mol. The number of carbonyl (C=O) groups excluding carboxylic acids is 2. The highest BCUT2D eigenvalue weighted by atomic mass is 35.5. The minimum absolute atomic E-state index is 0.0342. The van der Waals surface area contributed by atoms with Gasteiger partial charge in [-0.25, -0.2) is 0 Å². The summed E-state index contributed by atoms with van der Waals surface area (Å²) in [6.45, 7) is 3.68. The largest absolute Gasteiger partial charge is 0.448 e. The molecule has 0 saturated carbocycles. The van der Waals surface area contributed by atoms with Crippen LogP contribution in [0.2, 0.25) is 0 Å². The Morgan fingerprint density at radius 1 is 1.69 bits per heavy atom. The fraction of sp³-hybridized carbons (Fsp3) is 0.714. The molecule has 6 heteroatoms. The second kappa shape index (κ2) is 6.92. The summed E-state index contributed by atoms with van der Waals surface area (Å²) in [4.78, 5) is 21.2. The molecule has 0 unspecified atom stereocenters. The van der Waals surface area contributed by atoms with Crippen LogP contribution in [0.3, 0.4) is 0 Å². The predicted octanol–water partition coefficient (Wildman–Crippen LogP) is 0.149. The van der Waals surface area contributed by atoms with E-state index in [-0.39, 0.29) is 12.0 Å². The lowest BCUT2D eigenvalue weighted by molar-refractivity contribution is -0.144. The van der Waals surface area contributed by atoms with Crippen LogP contribution in [0.15, 0.2) is 0 Å². The Kier molecular flexibility index (Phi) is 6.63. The van der Waals surface area contributed by atoms with Gasteiger partial charge in [-0.1, -0.05) is 25.4 Å². The summed E-state index contributed by atoms with van der Waals surface area (Å²) in [6, 6.07) is -0.700. The van der Waals surface area contributed by atoms with Gasteiger partial charge in [0.1, 0.15) is 0 Å². The third-order valence-electron chi connectivity index (χ3n) is 1.46. The second-order valence-corrected chi connectivity index (χ2v) is 2.98. The Morgan fingerprint density at radius 3 is 2.69 bits per heavy atom. The van der Waals surface area contributed by atoms with Crippen molar-refractivity contribution in [3.8, 4) is 0 Å². The zero-order chi connectivity index (χ0) is 10.3. The van der Waals surface area contributed by atoms with E-state index in [1.54, 1.807) is 0 Å². The Morgan fingerprint density at radius 2 is 2.31 bits per heavy atom. The molecule has 0 rings (SSSR count). The lowest BCUT2D eigenvalue weighted by Crippen LogP contribution is -2.44. The van der Waals surface area contributed by atoms with Crippen molar-refractivity contribution in [2.24, 2.45) is 5.92 Å². The van der Waals surface area contributed by atoms with Crippen molar-refractivity contribution in [3.63, 3.8) is 0 Å². The topological polar surface area (TPSA) is 55.4 Å². The Balaban J connectivity index is 4.06. The molecule has 0 aromatic carbocycles. The minimum atomic E-state index is -0.524. The first kappa shape index (κ1) is 12.5. The highest BCUT2D eigenvalue weighted by molar-refractivity contribution is 6.64. The van der Waals surface area contributed by atoms with Gasteiger partial charge in [0.05, 0.1) is 12.2 Å². The van der Waals surface area contributed by atoms with Gasteiger partial charge in [0.2, 0.25) is 0 Å². The molecule has 0 aliphatic heterocycles. The Labute approximate surface area is 83.2 Å². The number of rotatable bonds is 6. The number of carbonyl (C=O) groups is 2. The molecule has 73 valence electrons. The van der Waals surface area contributed by atoms with E-state index in [1.165, 1.54) is 7.41 Å². The van der Waals surface area contributed by atoms with Gasteiger partial charge in [0.15, 0.2) is 6.07 Å². The van der Waals surface area contributed by atoms with Gasteiger partial charge < -0.3 is 14.8 Å². The zero-order valence-corrected chi connectivity index (χ0v) is 8.38. The summed E-state index contributed by atoms with van der Waals surface area (Å²) < 4.78 is 4.59. The van der Waals surface area contributed by atoms with Crippen molar-refractivity contribution >= 4 is 31.2 Å². The van der Waals surface area contributed by atoms with Gasteiger partial charge in [0.25, 0.3) is 7.41 Å². The van der Waals surface area contributed by atoms with Crippen LogP contribution in [0.1, 0.15) is 13.8 Å². The summed E-state index contributed by atoms with van der Waals surface area (Å²) >= 11 is 5.23. The van der Waals surface area contributed by atoms with Gasteiger partial charge in [-0.2, -0.15) is 0 Å². The summed E-state index contributed by atoms with van der Waals surface area (Å²) in [6.07, 6.45) is 0.573. The number of hydrogen-bond donors (Lipinski definition) is 1. The van der Waals surface area contributed by atoms with Crippen LogP contribution >= 0.6 is 11.6 Å². The molecule has 4 nitrogen and oxygen atoms in total. The van der Waals surface area contributed by atoms with Gasteiger partial charge in [-0.3, -0.25) is 4.79 Å². The molecule has 0 saturated heterocycles. The normalized spacial score (nSPS) is 12.3. The van der Waals surface area contributed by atoms with Crippen molar-refractivity contribution in [1.29, 1.82) is 0 Å². The van der Waals surface area contributed by atoms with Crippen molar-refractivity contribution in [3.05, 3.63) is 0 Å². The van der Waals surface area contributed by atoms with Gasteiger partial charge in [-0.15, -0.1) is 0 Å². The number of ether oxygens (including phenoxy) is 1. The maximum absolute atomic E-state index is 11.2. The second-order valence-electron chi connectivity index (χ2n) is 2.76. The van der Waals surface area contributed by atoms with E-state index in [1.807, 2.05) is 13.8 Å². The monoisotopic (exact) mass is 204 g/mol. The molecule has 0 aromatic heterocycles. The number of alkyl halides is 1. The molecule has 0 aromatic rings. The standard InChI is InChI=1S/C7H12BClNO3/c1-5(2)6(10-8-3-11)7(12)13-4-9/h3,5-6,10H,4H2,1-2H3/t6-/m0/s1. The molecular weight excluding hydrogens is 192 g/mol. The number of halogens is 1. The smallest absolute Gasteiger partial charge is 0.323 e. The van der Waals surface area contributed by atoms with Crippen LogP contribution in [0.5, 0.6) is 0 Å². The lowest BCUT2D eigenvalue weighted by Gasteiger charge is -2.18. The first-order chi connectivity index (χ1) is 6.13. The molecule has 0 aliphatic carbocycles. The van der Waals surface area contributed by atoms with Gasteiger partial charge in [-0.05, 0) is 5.92 Å². The number of nitrogens with one attached hydrogen (secondary N) is 1. The molecule has 1 radical (unpaired) electrons. The van der Waals surface area contributed by atoms with Crippen LogP contribution in [0.4, 0.5) is 0 Å². The Bertz CT molecular complexity index is 177. The van der Waals surface area contributed by atoms with E-state index >= 15 is 0 Å². The average molecular weight is 204 g/mol. The molecule has 0 amide bonds. The van der Waals surface area contributed by atoms with E-state index in [2.05, 4.69) is 9.96 Å².